The van der Waals surface area contributed by atoms with Crippen LogP contribution in [0.2, 0.25) is 0 Å². The Hall–Kier alpha value is -6.48. The third-order valence-corrected chi connectivity index (χ3v) is 13.2. The summed E-state index contributed by atoms with van der Waals surface area (Å²) in [6.07, 6.45) is 7.76. The molecule has 0 radical (unpaired) electrons. The maximum Gasteiger partial charge on any atom is 0.269 e. The van der Waals surface area contributed by atoms with E-state index in [1.807, 2.05) is 38.1 Å². The van der Waals surface area contributed by atoms with Gasteiger partial charge >= 0.3 is 0 Å². The number of hydrogen-bond donors (Lipinski definition) is 4. The van der Waals surface area contributed by atoms with E-state index in [0.29, 0.717) is 35.9 Å². The Morgan fingerprint density at radius 2 is 1.71 bits per heavy atom. The van der Waals surface area contributed by atoms with E-state index in [9.17, 15) is 24.0 Å². The first-order valence-electron chi connectivity index (χ1n) is 21.7. The van der Waals surface area contributed by atoms with E-state index in [1.54, 1.807) is 30.0 Å². The van der Waals surface area contributed by atoms with Crippen molar-refractivity contribution < 1.29 is 28.4 Å². The molecule has 5 amide bonds. The fourth-order valence-corrected chi connectivity index (χ4v) is 9.88. The predicted octanol–water partition coefficient (Wildman–Crippen LogP) is 5.41. The zero-order valence-electron chi connectivity index (χ0n) is 36.6. The lowest BCUT2D eigenvalue weighted by Gasteiger charge is -2.36. The van der Waals surface area contributed by atoms with Crippen molar-refractivity contribution in [3.63, 3.8) is 0 Å². The molecular formula is C48H56FN9O5. The largest absolute Gasteiger partial charge is 0.403 e. The van der Waals surface area contributed by atoms with Crippen LogP contribution in [0.5, 0.6) is 0 Å². The van der Waals surface area contributed by atoms with Crippen LogP contribution >= 0.6 is 0 Å². The zero-order chi connectivity index (χ0) is 44.9. The molecule has 330 valence electrons. The smallest absolute Gasteiger partial charge is 0.269 e. The van der Waals surface area contributed by atoms with Crippen molar-refractivity contribution in [2.24, 2.45) is 11.6 Å². The van der Waals surface area contributed by atoms with E-state index in [1.165, 1.54) is 27.9 Å². The summed E-state index contributed by atoms with van der Waals surface area (Å²) in [5, 5.41) is 4.37. The van der Waals surface area contributed by atoms with Crippen LogP contribution in [-0.2, 0) is 24.6 Å². The molecule has 0 aliphatic carbocycles. The number of nitrogens with one attached hydrogen (secondary N) is 2. The highest BCUT2D eigenvalue weighted by molar-refractivity contribution is 6.15. The van der Waals surface area contributed by atoms with Gasteiger partial charge in [0.25, 0.3) is 5.91 Å². The number of halogens is 1. The summed E-state index contributed by atoms with van der Waals surface area (Å²) in [6.45, 7) is 8.44. The van der Waals surface area contributed by atoms with Gasteiger partial charge in [0.1, 0.15) is 11.7 Å². The number of aryl methyl sites for hydroxylation is 1. The highest BCUT2D eigenvalue weighted by Gasteiger charge is 2.50. The number of carbonyl (C=O) groups excluding carboxylic acids is 5. The lowest BCUT2D eigenvalue weighted by molar-refractivity contribution is -0.136. The number of aromatic nitrogens is 1. The first-order chi connectivity index (χ1) is 30.1. The molecule has 1 unspecified atom stereocenters. The van der Waals surface area contributed by atoms with Gasteiger partial charge in [-0.3, -0.25) is 34.2 Å². The van der Waals surface area contributed by atoms with Crippen molar-refractivity contribution in [2.45, 2.75) is 76.7 Å². The molecule has 15 heteroatoms. The number of imide groups is 1. The Labute approximate surface area is 366 Å². The molecule has 1 aromatic heterocycles. The SMILES string of the molecule is Cc1cc(C2CCN(c3cccc4c3C(C)(C)C(=O)N4C3CCC(=O)NC3=O)CC2)ccc1-c1cc(C2=CCCN(C(=O)CCN(N)/C=C\N)C2)c(F)c2[nH]c(C(=O)N(C)C)cc12. The average molecular weight is 858 g/mol. The maximum absolute atomic E-state index is 16.7. The third-order valence-electron chi connectivity index (χ3n) is 13.2. The van der Waals surface area contributed by atoms with Crippen LogP contribution < -0.4 is 26.7 Å². The van der Waals surface area contributed by atoms with Crippen molar-refractivity contribution in [3.05, 3.63) is 101 Å². The highest BCUT2D eigenvalue weighted by atomic mass is 19.1. The summed E-state index contributed by atoms with van der Waals surface area (Å²) in [7, 11) is 3.31. The van der Waals surface area contributed by atoms with Gasteiger partial charge in [-0.05, 0) is 104 Å². The van der Waals surface area contributed by atoms with Gasteiger partial charge in [0.2, 0.25) is 23.6 Å². The van der Waals surface area contributed by atoms with Gasteiger partial charge in [-0.2, -0.15) is 0 Å². The second kappa shape index (κ2) is 17.0. The van der Waals surface area contributed by atoms with Crippen LogP contribution in [-0.4, -0.2) is 102 Å². The number of aromatic amines is 1. The molecule has 2 fully saturated rings. The third kappa shape index (κ3) is 7.94. The molecule has 4 aliphatic heterocycles. The van der Waals surface area contributed by atoms with Crippen molar-refractivity contribution in [2.75, 3.05) is 56.6 Å². The van der Waals surface area contributed by atoms with Crippen LogP contribution in [0.4, 0.5) is 15.8 Å². The van der Waals surface area contributed by atoms with E-state index < -0.39 is 23.2 Å². The molecule has 4 aliphatic rings. The number of hydrogen-bond acceptors (Lipinski definition) is 9. The van der Waals surface area contributed by atoms with E-state index in [0.717, 1.165) is 59.6 Å². The molecule has 3 aromatic carbocycles. The normalized spacial score (nSPS) is 19.2. The van der Waals surface area contributed by atoms with Crippen molar-refractivity contribution >= 4 is 57.4 Å². The monoisotopic (exact) mass is 857 g/mol. The minimum Gasteiger partial charge on any atom is -0.403 e. The Balaban J connectivity index is 1.05. The van der Waals surface area contributed by atoms with Crippen molar-refractivity contribution in [1.29, 1.82) is 0 Å². The first kappa shape index (κ1) is 43.2. The van der Waals surface area contributed by atoms with E-state index in [2.05, 4.69) is 46.4 Å². The molecule has 0 saturated carbocycles. The molecule has 1 atom stereocenters. The molecule has 14 nitrogen and oxygen atoms in total. The minimum absolute atomic E-state index is 0.0952. The number of carbonyl (C=O) groups is 5. The average Bonchev–Trinajstić information content (AvgIpc) is 3.80. The van der Waals surface area contributed by atoms with Gasteiger partial charge < -0.3 is 30.4 Å². The molecular weight excluding hydrogens is 802 g/mol. The van der Waals surface area contributed by atoms with E-state index in [4.69, 9.17) is 11.6 Å². The molecule has 2 saturated heterocycles. The van der Waals surface area contributed by atoms with Crippen LogP contribution in [0, 0.1) is 12.7 Å². The number of nitrogens with two attached hydrogens (primary N) is 2. The summed E-state index contributed by atoms with van der Waals surface area (Å²) >= 11 is 0. The molecule has 0 spiro atoms. The lowest BCUT2D eigenvalue weighted by Crippen LogP contribution is -2.55. The van der Waals surface area contributed by atoms with Crippen LogP contribution in [0.15, 0.2) is 67.0 Å². The molecule has 8 rings (SSSR count). The molecule has 4 aromatic rings. The molecule has 63 heavy (non-hydrogen) atoms. The van der Waals surface area contributed by atoms with Crippen molar-refractivity contribution in [1.82, 2.24) is 25.1 Å². The van der Waals surface area contributed by atoms with Gasteiger partial charge in [0.05, 0.1) is 16.6 Å². The number of rotatable bonds is 10. The highest BCUT2D eigenvalue weighted by Crippen LogP contribution is 2.49. The molecule has 5 heterocycles. The number of amides is 5. The fourth-order valence-electron chi connectivity index (χ4n) is 9.88. The number of anilines is 2. The number of nitrogens with zero attached hydrogens (tertiary/aromatic N) is 5. The zero-order valence-corrected chi connectivity index (χ0v) is 36.6. The second-order valence-corrected chi connectivity index (χ2v) is 17.9. The topological polar surface area (TPSA) is 181 Å². The summed E-state index contributed by atoms with van der Waals surface area (Å²) in [4.78, 5) is 75.5. The summed E-state index contributed by atoms with van der Waals surface area (Å²) in [5.74, 6) is 4.42. The van der Waals surface area contributed by atoms with Gasteiger partial charge in [0, 0.05) is 94.3 Å². The van der Waals surface area contributed by atoms with E-state index in [-0.39, 0.29) is 66.7 Å². The van der Waals surface area contributed by atoms with Crippen LogP contribution in [0.1, 0.15) is 91.0 Å². The number of benzene rings is 3. The van der Waals surface area contributed by atoms with Gasteiger partial charge in [-0.15, -0.1) is 0 Å². The van der Waals surface area contributed by atoms with Gasteiger partial charge in [-0.1, -0.05) is 30.3 Å². The number of H-pyrrole nitrogens is 1. The number of hydrazine groups is 1. The molecule has 6 N–H and O–H groups in total. The Morgan fingerprint density at radius 1 is 0.968 bits per heavy atom. The van der Waals surface area contributed by atoms with Crippen LogP contribution in [0.3, 0.4) is 0 Å². The number of fused-ring (bicyclic) bond motifs is 2. The Bertz CT molecular complexity index is 2590. The predicted molar refractivity (Wildman–Crippen MR) is 242 cm³/mol. The number of piperidine rings is 2. The van der Waals surface area contributed by atoms with Gasteiger partial charge in [-0.25, -0.2) is 10.2 Å². The summed E-state index contributed by atoms with van der Waals surface area (Å²) < 4.78 is 16.7. The maximum atomic E-state index is 16.7. The van der Waals surface area contributed by atoms with Crippen molar-refractivity contribution in [3.8, 4) is 11.1 Å². The summed E-state index contributed by atoms with van der Waals surface area (Å²) in [5.41, 5.74) is 12.7. The standard InChI is InChI=1S/C48H56FN9O5/c1-28-24-30(29-15-20-55(21-16-29)37-9-6-10-38-42(37)48(2,3)47(63)58(38)39-13-14-40(59)53-45(39)61)11-12-32(28)34-25-33(43(49)44-35(34)26-36(52-44)46(62)54(4)5)31-8-7-19-56(27-31)41(60)17-22-57(51)23-18-50/h6,8-12,18,23-26,29,39,52H,7,13-17,19-22,27,50-51H2,1-5H3,(H,53,59,61)/b23-18-. The summed E-state index contributed by atoms with van der Waals surface area (Å²) in [6, 6.07) is 15.2. The van der Waals surface area contributed by atoms with E-state index >= 15 is 4.39 Å². The van der Waals surface area contributed by atoms with Gasteiger partial charge in [0.15, 0.2) is 5.82 Å². The first-order valence-corrected chi connectivity index (χ1v) is 21.7. The minimum atomic E-state index is -0.858. The molecule has 0 bridgehead atoms. The lowest BCUT2D eigenvalue weighted by atomic mass is 9.83. The Kier molecular flexibility index (Phi) is 11.7. The second-order valence-electron chi connectivity index (χ2n) is 17.9. The van der Waals surface area contributed by atoms with Crippen LogP contribution in [0.25, 0.3) is 27.6 Å². The quantitative estimate of drug-likeness (QED) is 0.0922. The Morgan fingerprint density at radius 3 is 2.41 bits per heavy atom. The fraction of sp³-hybridized carbons (Fsp3) is 0.396.